The lowest BCUT2D eigenvalue weighted by Gasteiger charge is -2.58. The third-order valence-electron chi connectivity index (χ3n) is 6.68. The summed E-state index contributed by atoms with van der Waals surface area (Å²) < 4.78 is 0. The molecule has 4 atom stereocenters. The molecule has 0 aromatic heterocycles. The summed E-state index contributed by atoms with van der Waals surface area (Å²) in [5.41, 5.74) is 2.88. The van der Waals surface area contributed by atoms with Crippen LogP contribution in [0.2, 0.25) is 0 Å². The lowest BCUT2D eigenvalue weighted by atomic mass is 9.47. The van der Waals surface area contributed by atoms with Gasteiger partial charge in [0.1, 0.15) is 6.29 Å². The highest BCUT2D eigenvalue weighted by atomic mass is 16.3. The van der Waals surface area contributed by atoms with Gasteiger partial charge in [-0.1, -0.05) is 38.0 Å². The van der Waals surface area contributed by atoms with Gasteiger partial charge < -0.3 is 5.11 Å². The van der Waals surface area contributed by atoms with E-state index in [0.717, 1.165) is 37.5 Å². The average molecular weight is 304 g/mol. The molecule has 0 heterocycles. The van der Waals surface area contributed by atoms with Gasteiger partial charge in [-0.3, -0.25) is 4.79 Å². The van der Waals surface area contributed by atoms with Crippen molar-refractivity contribution in [3.63, 3.8) is 0 Å². The molecule has 22 heavy (non-hydrogen) atoms. The highest BCUT2D eigenvalue weighted by Gasteiger charge is 2.53. The Hall–Kier alpha value is -0.890. The van der Waals surface area contributed by atoms with E-state index in [1.165, 1.54) is 24.8 Å². The predicted molar refractivity (Wildman–Crippen MR) is 91.6 cm³/mol. The zero-order valence-electron chi connectivity index (χ0n) is 14.5. The minimum absolute atomic E-state index is 0.0691. The molecular formula is C20H32O2. The van der Waals surface area contributed by atoms with Crippen LogP contribution in [0.1, 0.15) is 65.7 Å². The maximum absolute atomic E-state index is 10.6. The van der Waals surface area contributed by atoms with E-state index in [1.807, 2.05) is 6.92 Å². The van der Waals surface area contributed by atoms with Crippen molar-refractivity contribution >= 4 is 6.29 Å². The van der Waals surface area contributed by atoms with Crippen LogP contribution in [0.15, 0.2) is 23.8 Å². The molecule has 0 aliphatic heterocycles. The third kappa shape index (κ3) is 3.08. The van der Waals surface area contributed by atoms with E-state index in [1.54, 1.807) is 6.08 Å². The van der Waals surface area contributed by atoms with Gasteiger partial charge in [0.2, 0.25) is 0 Å². The Morgan fingerprint density at radius 2 is 2.14 bits per heavy atom. The highest BCUT2D eigenvalue weighted by molar-refractivity contribution is 5.65. The molecule has 124 valence electrons. The van der Waals surface area contributed by atoms with Crippen molar-refractivity contribution in [1.82, 2.24) is 0 Å². The molecule has 0 amide bonds. The van der Waals surface area contributed by atoms with Crippen LogP contribution in [0.4, 0.5) is 0 Å². The van der Waals surface area contributed by atoms with Crippen LogP contribution in [0.3, 0.4) is 0 Å². The topological polar surface area (TPSA) is 37.3 Å². The van der Waals surface area contributed by atoms with Crippen molar-refractivity contribution in [1.29, 1.82) is 0 Å². The standard InChI is InChI=1S/C20H32O2/c1-15(10-13-21)6-8-17-16(2)7-9-18-19(3,14-22)11-5-12-20(17,18)4/h10,13,17-18,22H,2,5-9,11-12,14H2,1,3-4H3/b15-10+/t17-,18-,19+,20+/m0/s1. The fourth-order valence-corrected chi connectivity index (χ4v) is 5.38. The summed E-state index contributed by atoms with van der Waals surface area (Å²) in [5.74, 6) is 1.11. The first-order chi connectivity index (χ1) is 10.4. The van der Waals surface area contributed by atoms with Crippen LogP contribution in [-0.4, -0.2) is 18.0 Å². The van der Waals surface area contributed by atoms with E-state index < -0.39 is 0 Å². The van der Waals surface area contributed by atoms with Gasteiger partial charge in [0.05, 0.1) is 0 Å². The second kappa shape index (κ2) is 6.70. The van der Waals surface area contributed by atoms with Gasteiger partial charge in [0.25, 0.3) is 0 Å². The van der Waals surface area contributed by atoms with Crippen molar-refractivity contribution in [2.24, 2.45) is 22.7 Å². The van der Waals surface area contributed by atoms with Crippen molar-refractivity contribution in [3.8, 4) is 0 Å². The maximum atomic E-state index is 10.6. The first-order valence-corrected chi connectivity index (χ1v) is 8.77. The average Bonchev–Trinajstić information content (AvgIpc) is 2.46. The summed E-state index contributed by atoms with van der Waals surface area (Å²) in [6, 6.07) is 0. The third-order valence-corrected chi connectivity index (χ3v) is 6.68. The summed E-state index contributed by atoms with van der Waals surface area (Å²) >= 11 is 0. The Morgan fingerprint density at radius 1 is 1.41 bits per heavy atom. The first kappa shape index (κ1) is 17.5. The van der Waals surface area contributed by atoms with Gasteiger partial charge in [0, 0.05) is 6.61 Å². The smallest absolute Gasteiger partial charge is 0.142 e. The Balaban J connectivity index is 2.22. The van der Waals surface area contributed by atoms with Gasteiger partial charge in [-0.2, -0.15) is 0 Å². The molecule has 1 N–H and O–H groups in total. The lowest BCUT2D eigenvalue weighted by molar-refractivity contribution is -0.104. The molecule has 2 aliphatic rings. The fourth-order valence-electron chi connectivity index (χ4n) is 5.38. The molecule has 2 heteroatoms. The van der Waals surface area contributed by atoms with Crippen LogP contribution in [-0.2, 0) is 4.79 Å². The van der Waals surface area contributed by atoms with E-state index in [-0.39, 0.29) is 10.8 Å². The van der Waals surface area contributed by atoms with Crippen molar-refractivity contribution in [2.45, 2.75) is 65.7 Å². The molecule has 2 saturated carbocycles. The quantitative estimate of drug-likeness (QED) is 0.455. The summed E-state index contributed by atoms with van der Waals surface area (Å²) in [7, 11) is 0. The van der Waals surface area contributed by atoms with Crippen molar-refractivity contribution in [2.75, 3.05) is 6.61 Å². The van der Waals surface area contributed by atoms with Crippen molar-refractivity contribution < 1.29 is 9.90 Å². The van der Waals surface area contributed by atoms with Gasteiger partial charge >= 0.3 is 0 Å². The van der Waals surface area contributed by atoms with Gasteiger partial charge in [-0.05, 0) is 74.2 Å². The minimum atomic E-state index is 0.0691. The Labute approximate surface area is 135 Å². The molecule has 2 fully saturated rings. The number of carbonyl (C=O) groups is 1. The Morgan fingerprint density at radius 3 is 2.77 bits per heavy atom. The summed E-state index contributed by atoms with van der Waals surface area (Å²) in [6.07, 6.45) is 10.5. The van der Waals surface area contributed by atoms with Gasteiger partial charge in [0.15, 0.2) is 0 Å². The summed E-state index contributed by atoms with van der Waals surface area (Å²) in [4.78, 5) is 10.6. The number of fused-ring (bicyclic) bond motifs is 1. The predicted octanol–water partition coefficient (Wildman–Crippen LogP) is 4.68. The largest absolute Gasteiger partial charge is 0.396 e. The van der Waals surface area contributed by atoms with Crippen LogP contribution >= 0.6 is 0 Å². The van der Waals surface area contributed by atoms with E-state index in [2.05, 4.69) is 20.4 Å². The fraction of sp³-hybridized carbons (Fsp3) is 0.750. The van der Waals surface area contributed by atoms with E-state index >= 15 is 0 Å². The molecule has 2 rings (SSSR count). The zero-order valence-corrected chi connectivity index (χ0v) is 14.5. The molecule has 2 nitrogen and oxygen atoms in total. The van der Waals surface area contributed by atoms with Crippen LogP contribution in [0.25, 0.3) is 0 Å². The molecular weight excluding hydrogens is 272 g/mol. The number of carbonyl (C=O) groups excluding carboxylic acids is 1. The van der Waals surface area contributed by atoms with E-state index in [9.17, 15) is 9.90 Å². The minimum Gasteiger partial charge on any atom is -0.396 e. The molecule has 2 aliphatic carbocycles. The molecule has 0 unspecified atom stereocenters. The maximum Gasteiger partial charge on any atom is 0.142 e. The van der Waals surface area contributed by atoms with E-state index in [4.69, 9.17) is 0 Å². The monoisotopic (exact) mass is 304 g/mol. The van der Waals surface area contributed by atoms with Crippen LogP contribution < -0.4 is 0 Å². The second-order valence-electron chi connectivity index (χ2n) is 8.16. The number of aldehydes is 1. The molecule has 0 saturated heterocycles. The number of allylic oxidation sites excluding steroid dienone is 3. The van der Waals surface area contributed by atoms with Gasteiger partial charge in [-0.25, -0.2) is 0 Å². The van der Waals surface area contributed by atoms with Crippen LogP contribution in [0.5, 0.6) is 0 Å². The Bertz CT molecular complexity index is 464. The highest BCUT2D eigenvalue weighted by Crippen LogP contribution is 2.61. The van der Waals surface area contributed by atoms with E-state index in [0.29, 0.717) is 18.4 Å². The number of rotatable bonds is 5. The van der Waals surface area contributed by atoms with Gasteiger partial charge in [-0.15, -0.1) is 0 Å². The zero-order chi connectivity index (χ0) is 16.4. The van der Waals surface area contributed by atoms with Crippen LogP contribution in [0, 0.1) is 22.7 Å². The number of hydrogen-bond acceptors (Lipinski definition) is 2. The number of aliphatic hydroxyl groups excluding tert-OH is 1. The SMILES string of the molecule is C=C1CC[C@H]2[C@@](C)(CO)CCC[C@]2(C)[C@H]1CC/C(C)=C/C=O. The number of hydrogen-bond donors (Lipinski definition) is 1. The molecule has 0 aromatic carbocycles. The number of aliphatic hydroxyl groups is 1. The molecule has 0 radical (unpaired) electrons. The Kier molecular flexibility index (Phi) is 5.32. The summed E-state index contributed by atoms with van der Waals surface area (Å²) in [6.45, 7) is 11.4. The van der Waals surface area contributed by atoms with Crippen molar-refractivity contribution in [3.05, 3.63) is 23.8 Å². The normalized spacial score (nSPS) is 39.5. The molecule has 0 aromatic rings. The molecule has 0 bridgehead atoms. The lowest BCUT2D eigenvalue weighted by Crippen LogP contribution is -2.51. The molecule has 0 spiro atoms. The summed E-state index contributed by atoms with van der Waals surface area (Å²) in [5, 5.41) is 9.97. The second-order valence-corrected chi connectivity index (χ2v) is 8.16. The first-order valence-electron chi connectivity index (χ1n) is 8.77.